The minimum absolute atomic E-state index is 0.138. The first-order valence-electron chi connectivity index (χ1n) is 8.95. The van der Waals surface area contributed by atoms with E-state index >= 15 is 0 Å². The Morgan fingerprint density at radius 3 is 2.38 bits per heavy atom. The maximum atomic E-state index is 12.4. The lowest BCUT2D eigenvalue weighted by Gasteiger charge is -2.10. The van der Waals surface area contributed by atoms with Crippen LogP contribution >= 0.6 is 23.4 Å². The van der Waals surface area contributed by atoms with E-state index in [4.69, 9.17) is 11.6 Å². The van der Waals surface area contributed by atoms with Gasteiger partial charge in [0.25, 0.3) is 0 Å². The second-order valence-electron chi connectivity index (χ2n) is 6.19. The molecule has 0 spiro atoms. The SMILES string of the molecule is O=C(CSc1nnc(-c2ccccc2)n1-c1ccccc1)Nc1cccc(Cl)c1. The van der Waals surface area contributed by atoms with E-state index in [2.05, 4.69) is 15.5 Å². The number of nitrogens with zero attached hydrogens (tertiary/aromatic N) is 3. The lowest BCUT2D eigenvalue weighted by molar-refractivity contribution is -0.113. The zero-order chi connectivity index (χ0) is 20.1. The molecule has 0 unspecified atom stereocenters. The number of halogens is 1. The molecule has 29 heavy (non-hydrogen) atoms. The van der Waals surface area contributed by atoms with Crippen LogP contribution in [0.25, 0.3) is 17.1 Å². The van der Waals surface area contributed by atoms with Gasteiger partial charge in [0.1, 0.15) is 0 Å². The number of carbonyl (C=O) groups is 1. The molecule has 0 aliphatic heterocycles. The fourth-order valence-electron chi connectivity index (χ4n) is 2.84. The molecule has 0 radical (unpaired) electrons. The molecule has 5 nitrogen and oxygen atoms in total. The fraction of sp³-hybridized carbons (Fsp3) is 0.0455. The maximum Gasteiger partial charge on any atom is 0.234 e. The summed E-state index contributed by atoms with van der Waals surface area (Å²) in [5, 5.41) is 12.8. The van der Waals surface area contributed by atoms with Gasteiger partial charge in [0, 0.05) is 22.0 Å². The third kappa shape index (κ3) is 4.67. The van der Waals surface area contributed by atoms with Crippen molar-refractivity contribution in [1.82, 2.24) is 14.8 Å². The van der Waals surface area contributed by atoms with Crippen LogP contribution in [-0.2, 0) is 4.79 Å². The summed E-state index contributed by atoms with van der Waals surface area (Å²) >= 11 is 7.31. The Morgan fingerprint density at radius 2 is 1.66 bits per heavy atom. The molecule has 0 atom stereocenters. The molecule has 1 heterocycles. The van der Waals surface area contributed by atoms with Crippen LogP contribution in [0.4, 0.5) is 5.69 Å². The number of rotatable bonds is 6. The van der Waals surface area contributed by atoms with Crippen molar-refractivity contribution in [3.05, 3.63) is 90.0 Å². The predicted octanol–water partition coefficient (Wildman–Crippen LogP) is 5.32. The zero-order valence-electron chi connectivity index (χ0n) is 15.3. The van der Waals surface area contributed by atoms with Crippen LogP contribution in [0, 0.1) is 0 Å². The van der Waals surface area contributed by atoms with Gasteiger partial charge in [-0.3, -0.25) is 9.36 Å². The van der Waals surface area contributed by atoms with Gasteiger partial charge in [-0.25, -0.2) is 0 Å². The van der Waals surface area contributed by atoms with Crippen LogP contribution in [0.3, 0.4) is 0 Å². The number of para-hydroxylation sites is 1. The molecule has 0 aliphatic carbocycles. The number of amides is 1. The average molecular weight is 421 g/mol. The van der Waals surface area contributed by atoms with Crippen molar-refractivity contribution in [1.29, 1.82) is 0 Å². The van der Waals surface area contributed by atoms with Crippen LogP contribution in [0.5, 0.6) is 0 Å². The van der Waals surface area contributed by atoms with E-state index in [1.165, 1.54) is 11.8 Å². The lowest BCUT2D eigenvalue weighted by atomic mass is 10.2. The van der Waals surface area contributed by atoms with Crippen molar-refractivity contribution in [3.63, 3.8) is 0 Å². The van der Waals surface area contributed by atoms with Crippen LogP contribution in [0.15, 0.2) is 90.1 Å². The lowest BCUT2D eigenvalue weighted by Crippen LogP contribution is -2.14. The van der Waals surface area contributed by atoms with Gasteiger partial charge in [-0.05, 0) is 30.3 Å². The monoisotopic (exact) mass is 420 g/mol. The van der Waals surface area contributed by atoms with Crippen LogP contribution in [0.2, 0.25) is 5.02 Å². The van der Waals surface area contributed by atoms with E-state index in [-0.39, 0.29) is 11.7 Å². The third-order valence-electron chi connectivity index (χ3n) is 4.12. The molecule has 144 valence electrons. The Balaban J connectivity index is 1.57. The zero-order valence-corrected chi connectivity index (χ0v) is 16.9. The number of carbonyl (C=O) groups excluding carboxylic acids is 1. The Bertz CT molecular complexity index is 1120. The smallest absolute Gasteiger partial charge is 0.234 e. The van der Waals surface area contributed by atoms with Crippen molar-refractivity contribution >= 4 is 35.0 Å². The van der Waals surface area contributed by atoms with Crippen molar-refractivity contribution in [3.8, 4) is 17.1 Å². The second-order valence-corrected chi connectivity index (χ2v) is 7.57. The molecule has 4 aromatic rings. The van der Waals surface area contributed by atoms with Gasteiger partial charge < -0.3 is 5.32 Å². The van der Waals surface area contributed by atoms with Crippen LogP contribution in [-0.4, -0.2) is 26.4 Å². The number of hydrogen-bond acceptors (Lipinski definition) is 4. The van der Waals surface area contributed by atoms with Gasteiger partial charge in [0.05, 0.1) is 5.75 Å². The third-order valence-corrected chi connectivity index (χ3v) is 5.28. The summed E-state index contributed by atoms with van der Waals surface area (Å²) < 4.78 is 1.96. The van der Waals surface area contributed by atoms with E-state index in [1.807, 2.05) is 65.2 Å². The standard InChI is InChI=1S/C22H17ClN4OS/c23-17-10-7-11-18(14-17)24-20(28)15-29-22-26-25-21(16-8-3-1-4-9-16)27(22)19-12-5-2-6-13-19/h1-14H,15H2,(H,24,28). The summed E-state index contributed by atoms with van der Waals surface area (Å²) in [6.45, 7) is 0. The van der Waals surface area contributed by atoms with Gasteiger partial charge in [-0.1, -0.05) is 78.0 Å². The van der Waals surface area contributed by atoms with Crippen molar-refractivity contribution in [2.24, 2.45) is 0 Å². The largest absolute Gasteiger partial charge is 0.325 e. The van der Waals surface area contributed by atoms with Crippen LogP contribution in [0.1, 0.15) is 0 Å². The Hall–Kier alpha value is -3.09. The van der Waals surface area contributed by atoms with Crippen molar-refractivity contribution < 1.29 is 4.79 Å². The van der Waals surface area contributed by atoms with E-state index in [0.29, 0.717) is 15.9 Å². The van der Waals surface area contributed by atoms with Gasteiger partial charge in [-0.15, -0.1) is 10.2 Å². The highest BCUT2D eigenvalue weighted by Crippen LogP contribution is 2.28. The Kier molecular flexibility index (Phi) is 5.93. The second kappa shape index (κ2) is 8.94. The van der Waals surface area contributed by atoms with Crippen LogP contribution < -0.4 is 5.32 Å². The molecule has 1 aromatic heterocycles. The Labute approximate surface area is 177 Å². The molecule has 7 heteroatoms. The molecule has 0 saturated heterocycles. The summed E-state index contributed by atoms with van der Waals surface area (Å²) in [5.74, 6) is 0.794. The number of aromatic nitrogens is 3. The first-order chi connectivity index (χ1) is 14.2. The summed E-state index contributed by atoms with van der Waals surface area (Å²) in [5.41, 5.74) is 2.56. The summed E-state index contributed by atoms with van der Waals surface area (Å²) in [7, 11) is 0. The number of anilines is 1. The molecule has 0 bridgehead atoms. The number of benzene rings is 3. The summed E-state index contributed by atoms with van der Waals surface area (Å²) in [6, 6.07) is 26.8. The molecular weight excluding hydrogens is 404 g/mol. The van der Waals surface area contributed by atoms with E-state index in [9.17, 15) is 4.79 Å². The molecule has 1 amide bonds. The summed E-state index contributed by atoms with van der Waals surface area (Å²) in [6.07, 6.45) is 0. The topological polar surface area (TPSA) is 59.8 Å². The first kappa shape index (κ1) is 19.2. The minimum atomic E-state index is -0.138. The molecule has 0 aliphatic rings. The molecular formula is C22H17ClN4OS. The highest BCUT2D eigenvalue weighted by molar-refractivity contribution is 7.99. The van der Waals surface area contributed by atoms with Crippen molar-refractivity contribution in [2.75, 3.05) is 11.1 Å². The Morgan fingerprint density at radius 1 is 0.931 bits per heavy atom. The number of thioether (sulfide) groups is 1. The van der Waals surface area contributed by atoms with Gasteiger partial charge >= 0.3 is 0 Å². The van der Waals surface area contributed by atoms with E-state index in [0.717, 1.165) is 17.1 Å². The summed E-state index contributed by atoms with van der Waals surface area (Å²) in [4.78, 5) is 12.4. The molecule has 1 N–H and O–H groups in total. The molecule has 3 aromatic carbocycles. The molecule has 4 rings (SSSR count). The highest BCUT2D eigenvalue weighted by Gasteiger charge is 2.17. The molecule has 0 fully saturated rings. The predicted molar refractivity (Wildman–Crippen MR) is 118 cm³/mol. The minimum Gasteiger partial charge on any atom is -0.325 e. The average Bonchev–Trinajstić information content (AvgIpc) is 3.17. The fourth-order valence-corrected chi connectivity index (χ4v) is 3.78. The number of nitrogens with one attached hydrogen (secondary N) is 1. The highest BCUT2D eigenvalue weighted by atomic mass is 35.5. The first-order valence-corrected chi connectivity index (χ1v) is 10.3. The van der Waals surface area contributed by atoms with E-state index < -0.39 is 0 Å². The quantitative estimate of drug-likeness (QED) is 0.429. The maximum absolute atomic E-state index is 12.4. The number of hydrogen-bond donors (Lipinski definition) is 1. The normalized spacial score (nSPS) is 10.7. The van der Waals surface area contributed by atoms with Crippen molar-refractivity contribution in [2.45, 2.75) is 5.16 Å². The van der Waals surface area contributed by atoms with Gasteiger partial charge in [0.15, 0.2) is 11.0 Å². The van der Waals surface area contributed by atoms with Gasteiger partial charge in [0.2, 0.25) is 5.91 Å². The van der Waals surface area contributed by atoms with E-state index in [1.54, 1.807) is 24.3 Å². The molecule has 0 saturated carbocycles. The van der Waals surface area contributed by atoms with Gasteiger partial charge in [-0.2, -0.15) is 0 Å².